The predicted molar refractivity (Wildman–Crippen MR) is 57.1 cm³/mol. The molecule has 1 aromatic carbocycles. The minimum Gasteiger partial charge on any atom is -0.478 e. The molecule has 0 radical (unpaired) electrons. The highest BCUT2D eigenvalue weighted by Crippen LogP contribution is 2.11. The zero-order valence-electron chi connectivity index (χ0n) is 8.84. The van der Waals surface area contributed by atoms with Gasteiger partial charge in [0.1, 0.15) is 6.04 Å². The van der Waals surface area contributed by atoms with Crippen molar-refractivity contribution in [2.24, 2.45) is 5.73 Å². The lowest BCUT2D eigenvalue weighted by atomic mass is 10.0. The molecule has 86 valence electrons. The van der Waals surface area contributed by atoms with E-state index < -0.39 is 18.0 Å². The van der Waals surface area contributed by atoms with Crippen molar-refractivity contribution in [3.63, 3.8) is 0 Å². The van der Waals surface area contributed by atoms with Gasteiger partial charge in [-0.1, -0.05) is 18.2 Å². The second kappa shape index (κ2) is 5.27. The third kappa shape index (κ3) is 2.80. The van der Waals surface area contributed by atoms with Gasteiger partial charge < -0.3 is 15.6 Å². The number of esters is 1. The van der Waals surface area contributed by atoms with Crippen LogP contribution in [0, 0.1) is 0 Å². The third-order valence-corrected chi connectivity index (χ3v) is 2.19. The summed E-state index contributed by atoms with van der Waals surface area (Å²) in [5.74, 6) is -1.59. The van der Waals surface area contributed by atoms with Crippen LogP contribution in [0.5, 0.6) is 0 Å². The number of carboxylic acids is 1. The van der Waals surface area contributed by atoms with E-state index in [0.29, 0.717) is 5.56 Å². The first-order chi connectivity index (χ1) is 7.56. The van der Waals surface area contributed by atoms with Crippen LogP contribution in [0.2, 0.25) is 0 Å². The van der Waals surface area contributed by atoms with Crippen molar-refractivity contribution in [1.29, 1.82) is 0 Å². The predicted octanol–water partition coefficient (Wildman–Crippen LogP) is 0.428. The number of benzene rings is 1. The lowest BCUT2D eigenvalue weighted by Gasteiger charge is -2.10. The van der Waals surface area contributed by atoms with Crippen molar-refractivity contribution in [2.75, 3.05) is 7.11 Å². The summed E-state index contributed by atoms with van der Waals surface area (Å²) >= 11 is 0. The average Bonchev–Trinajstić information content (AvgIpc) is 2.28. The molecule has 1 aromatic rings. The molecule has 0 spiro atoms. The highest BCUT2D eigenvalue weighted by Gasteiger charge is 2.17. The molecule has 16 heavy (non-hydrogen) atoms. The maximum absolute atomic E-state index is 11.1. The van der Waals surface area contributed by atoms with Gasteiger partial charge >= 0.3 is 11.9 Å². The molecule has 5 heteroatoms. The van der Waals surface area contributed by atoms with Crippen LogP contribution < -0.4 is 5.73 Å². The summed E-state index contributed by atoms with van der Waals surface area (Å²) in [6, 6.07) is 5.58. The van der Waals surface area contributed by atoms with Gasteiger partial charge in [-0.25, -0.2) is 4.79 Å². The molecule has 5 nitrogen and oxygen atoms in total. The van der Waals surface area contributed by atoms with Crippen LogP contribution in [0.4, 0.5) is 0 Å². The zero-order valence-corrected chi connectivity index (χ0v) is 8.84. The minimum absolute atomic E-state index is 0.148. The standard InChI is InChI=1S/C11H13NO4/c1-16-11(15)9(12)6-7-4-2-3-5-8(7)10(13)14/h2-5,9H,6,12H2,1H3,(H,13,14). The van der Waals surface area contributed by atoms with Crippen molar-refractivity contribution < 1.29 is 19.4 Å². The molecule has 0 bridgehead atoms. The Morgan fingerprint density at radius 2 is 2.06 bits per heavy atom. The highest BCUT2D eigenvalue weighted by molar-refractivity contribution is 5.89. The Balaban J connectivity index is 2.88. The Kier molecular flexibility index (Phi) is 4.02. The van der Waals surface area contributed by atoms with Gasteiger partial charge in [-0.15, -0.1) is 0 Å². The molecule has 0 amide bonds. The van der Waals surface area contributed by atoms with E-state index in [1.165, 1.54) is 13.2 Å². The number of methoxy groups -OCH3 is 1. The van der Waals surface area contributed by atoms with Crippen LogP contribution in [0.15, 0.2) is 24.3 Å². The first-order valence-electron chi connectivity index (χ1n) is 4.71. The van der Waals surface area contributed by atoms with E-state index in [9.17, 15) is 9.59 Å². The summed E-state index contributed by atoms with van der Waals surface area (Å²) in [4.78, 5) is 22.0. The number of nitrogens with two attached hydrogens (primary N) is 1. The lowest BCUT2D eigenvalue weighted by Crippen LogP contribution is -2.34. The Bertz CT molecular complexity index is 403. The summed E-state index contributed by atoms with van der Waals surface area (Å²) in [6.45, 7) is 0. The molecule has 0 aromatic heterocycles. The normalized spacial score (nSPS) is 11.9. The second-order valence-corrected chi connectivity index (χ2v) is 3.30. The van der Waals surface area contributed by atoms with Gasteiger partial charge in [0.2, 0.25) is 0 Å². The smallest absolute Gasteiger partial charge is 0.335 e. The van der Waals surface area contributed by atoms with E-state index >= 15 is 0 Å². The molecule has 1 rings (SSSR count). The van der Waals surface area contributed by atoms with Crippen LogP contribution in [0.1, 0.15) is 15.9 Å². The van der Waals surface area contributed by atoms with Crippen molar-refractivity contribution in [3.05, 3.63) is 35.4 Å². The molecule has 0 aliphatic carbocycles. The second-order valence-electron chi connectivity index (χ2n) is 3.30. The number of ether oxygens (including phenoxy) is 1. The molecular weight excluding hydrogens is 210 g/mol. The number of carbonyl (C=O) groups is 2. The van der Waals surface area contributed by atoms with E-state index in [4.69, 9.17) is 10.8 Å². The first kappa shape index (κ1) is 12.2. The fraction of sp³-hybridized carbons (Fsp3) is 0.273. The van der Waals surface area contributed by atoms with E-state index in [2.05, 4.69) is 4.74 Å². The molecule has 0 aliphatic heterocycles. The number of aromatic carboxylic acids is 1. The summed E-state index contributed by atoms with van der Waals surface area (Å²) in [6.07, 6.45) is 0.148. The summed E-state index contributed by atoms with van der Waals surface area (Å²) in [5, 5.41) is 8.92. The molecule has 0 aliphatic rings. The van der Waals surface area contributed by atoms with E-state index in [1.54, 1.807) is 18.2 Å². The van der Waals surface area contributed by atoms with Crippen molar-refractivity contribution in [3.8, 4) is 0 Å². The average molecular weight is 223 g/mol. The van der Waals surface area contributed by atoms with E-state index in [-0.39, 0.29) is 12.0 Å². The van der Waals surface area contributed by atoms with Crippen molar-refractivity contribution >= 4 is 11.9 Å². The Morgan fingerprint density at radius 1 is 1.44 bits per heavy atom. The SMILES string of the molecule is COC(=O)C(N)Cc1ccccc1C(=O)O. The maximum Gasteiger partial charge on any atom is 0.335 e. The fourth-order valence-electron chi connectivity index (χ4n) is 1.38. The third-order valence-electron chi connectivity index (χ3n) is 2.19. The van der Waals surface area contributed by atoms with Crippen LogP contribution in [0.3, 0.4) is 0 Å². The summed E-state index contributed by atoms with van der Waals surface area (Å²) in [7, 11) is 1.24. The highest BCUT2D eigenvalue weighted by atomic mass is 16.5. The van der Waals surface area contributed by atoms with E-state index in [0.717, 1.165) is 0 Å². The quantitative estimate of drug-likeness (QED) is 0.722. The molecule has 3 N–H and O–H groups in total. The number of hydrogen-bond donors (Lipinski definition) is 2. The van der Waals surface area contributed by atoms with Crippen LogP contribution in [-0.4, -0.2) is 30.2 Å². The molecule has 1 unspecified atom stereocenters. The van der Waals surface area contributed by atoms with Gasteiger partial charge in [-0.05, 0) is 18.1 Å². The maximum atomic E-state index is 11.1. The minimum atomic E-state index is -1.03. The lowest BCUT2D eigenvalue weighted by molar-refractivity contribution is -0.142. The van der Waals surface area contributed by atoms with Gasteiger partial charge in [-0.2, -0.15) is 0 Å². The van der Waals surface area contributed by atoms with Gasteiger partial charge in [0.25, 0.3) is 0 Å². The zero-order chi connectivity index (χ0) is 12.1. The number of carboxylic acid groups (broad SMARTS) is 1. The van der Waals surface area contributed by atoms with Crippen LogP contribution >= 0.6 is 0 Å². The topological polar surface area (TPSA) is 89.6 Å². The largest absolute Gasteiger partial charge is 0.478 e. The van der Waals surface area contributed by atoms with Crippen LogP contribution in [0.25, 0.3) is 0 Å². The molecule has 1 atom stereocenters. The molecular formula is C11H13NO4. The van der Waals surface area contributed by atoms with Crippen molar-refractivity contribution in [1.82, 2.24) is 0 Å². The molecule has 0 heterocycles. The Hall–Kier alpha value is -1.88. The molecule has 0 fully saturated rings. The number of rotatable bonds is 4. The fourth-order valence-corrected chi connectivity index (χ4v) is 1.38. The molecule has 0 saturated heterocycles. The summed E-state index contributed by atoms with van der Waals surface area (Å²) < 4.78 is 4.47. The number of hydrogen-bond acceptors (Lipinski definition) is 4. The molecule has 0 saturated carbocycles. The Morgan fingerprint density at radius 3 is 2.62 bits per heavy atom. The van der Waals surface area contributed by atoms with Gasteiger partial charge in [-0.3, -0.25) is 4.79 Å². The monoisotopic (exact) mass is 223 g/mol. The van der Waals surface area contributed by atoms with Gasteiger partial charge in [0.05, 0.1) is 12.7 Å². The van der Waals surface area contributed by atoms with Crippen molar-refractivity contribution in [2.45, 2.75) is 12.5 Å². The number of carbonyl (C=O) groups excluding carboxylic acids is 1. The van der Waals surface area contributed by atoms with E-state index in [1.807, 2.05) is 0 Å². The van der Waals surface area contributed by atoms with Gasteiger partial charge in [0, 0.05) is 0 Å². The van der Waals surface area contributed by atoms with Crippen LogP contribution in [-0.2, 0) is 16.0 Å². The van der Waals surface area contributed by atoms with Gasteiger partial charge in [0.15, 0.2) is 0 Å². The first-order valence-corrected chi connectivity index (χ1v) is 4.71. The Labute approximate surface area is 92.8 Å². The summed E-state index contributed by atoms with van der Waals surface area (Å²) in [5.41, 5.74) is 6.24.